The first-order valence-corrected chi connectivity index (χ1v) is 10.6. The first-order chi connectivity index (χ1) is 16.3. The van der Waals surface area contributed by atoms with Crippen molar-refractivity contribution in [2.45, 2.75) is 6.04 Å². The number of carbonyl (C=O) groups excluding carboxylic acids is 2. The Morgan fingerprint density at radius 2 is 1.71 bits per heavy atom. The average Bonchev–Trinajstić information content (AvgIpc) is 3.09. The maximum absolute atomic E-state index is 14.9. The predicted molar refractivity (Wildman–Crippen MR) is 125 cm³/mol. The predicted octanol–water partition coefficient (Wildman–Crippen LogP) is 5.64. The summed E-state index contributed by atoms with van der Waals surface area (Å²) >= 11 is 12.4. The van der Waals surface area contributed by atoms with Crippen molar-refractivity contribution in [3.05, 3.63) is 98.8 Å². The Morgan fingerprint density at radius 3 is 2.26 bits per heavy atom. The number of ketones is 1. The van der Waals surface area contributed by atoms with Crippen molar-refractivity contribution in [3.63, 3.8) is 0 Å². The van der Waals surface area contributed by atoms with Crippen LogP contribution in [0, 0.1) is 17.1 Å². The molecule has 0 saturated carbocycles. The van der Waals surface area contributed by atoms with Gasteiger partial charge in [-0.2, -0.15) is 5.26 Å². The molecular formula is C25H15Cl2FN2O4. The van der Waals surface area contributed by atoms with Crippen molar-refractivity contribution in [1.82, 2.24) is 0 Å². The van der Waals surface area contributed by atoms with E-state index in [0.717, 1.165) is 4.90 Å². The summed E-state index contributed by atoms with van der Waals surface area (Å²) < 4.78 is 20.0. The van der Waals surface area contributed by atoms with Gasteiger partial charge in [0.15, 0.2) is 5.75 Å². The molecule has 1 amide bonds. The van der Waals surface area contributed by atoms with Crippen LogP contribution in [0.5, 0.6) is 5.75 Å². The quantitative estimate of drug-likeness (QED) is 0.286. The molecule has 0 radical (unpaired) electrons. The minimum atomic E-state index is -1.28. The number of nitrogens with zero attached hydrogens (tertiary/aromatic N) is 2. The summed E-state index contributed by atoms with van der Waals surface area (Å²) in [6, 6.07) is 14.9. The summed E-state index contributed by atoms with van der Waals surface area (Å²) in [6.45, 7) is 0. The van der Waals surface area contributed by atoms with Crippen LogP contribution >= 0.6 is 23.2 Å². The molecule has 9 heteroatoms. The molecule has 1 heterocycles. The second-order valence-corrected chi connectivity index (χ2v) is 8.14. The summed E-state index contributed by atoms with van der Waals surface area (Å²) in [5, 5.41) is 20.4. The molecule has 1 aliphatic heterocycles. The van der Waals surface area contributed by atoms with E-state index in [1.54, 1.807) is 6.07 Å². The summed E-state index contributed by atoms with van der Waals surface area (Å²) in [4.78, 5) is 27.3. The Hall–Kier alpha value is -3.86. The fourth-order valence-electron chi connectivity index (χ4n) is 3.83. The molecule has 0 aliphatic carbocycles. The van der Waals surface area contributed by atoms with Gasteiger partial charge in [0.05, 0.1) is 40.4 Å². The molecule has 1 fully saturated rings. The molecule has 0 spiro atoms. The van der Waals surface area contributed by atoms with E-state index in [1.807, 2.05) is 6.07 Å². The summed E-state index contributed by atoms with van der Waals surface area (Å²) in [6.07, 6.45) is 0. The second-order valence-electron chi connectivity index (χ2n) is 7.32. The van der Waals surface area contributed by atoms with E-state index in [0.29, 0.717) is 5.56 Å². The van der Waals surface area contributed by atoms with Gasteiger partial charge in [-0.1, -0.05) is 41.4 Å². The van der Waals surface area contributed by atoms with Gasteiger partial charge in [-0.3, -0.25) is 14.5 Å². The van der Waals surface area contributed by atoms with Crippen LogP contribution in [0.2, 0.25) is 10.0 Å². The molecule has 1 saturated heterocycles. The third kappa shape index (κ3) is 3.87. The Morgan fingerprint density at radius 1 is 1.09 bits per heavy atom. The van der Waals surface area contributed by atoms with E-state index in [4.69, 9.17) is 33.2 Å². The highest BCUT2D eigenvalue weighted by atomic mass is 35.5. The van der Waals surface area contributed by atoms with E-state index in [-0.39, 0.29) is 38.2 Å². The molecule has 3 aromatic rings. The number of Topliss-reactive ketones (excluding diaryl/α,β-unsaturated/α-hetero) is 1. The molecule has 0 bridgehead atoms. The number of ether oxygens (including phenoxy) is 1. The average molecular weight is 497 g/mol. The number of nitriles is 1. The third-order valence-corrected chi connectivity index (χ3v) is 5.96. The van der Waals surface area contributed by atoms with Crippen molar-refractivity contribution >= 4 is 46.3 Å². The standard InChI is InChI=1S/C25H15Cl2FN2O4/c1-34-24-17(26)10-14(11-18(24)27)22(31)20-21(16-4-2-3-5-19(16)28)30(25(33)23(20)32)15-8-6-13(12-29)7-9-15/h2-11,21,31H,1H3/b22-20+. The number of rotatable bonds is 4. The minimum Gasteiger partial charge on any atom is -0.507 e. The first kappa shape index (κ1) is 23.3. The second kappa shape index (κ2) is 9.18. The first-order valence-electron chi connectivity index (χ1n) is 9.87. The van der Waals surface area contributed by atoms with Gasteiger partial charge in [0, 0.05) is 16.8 Å². The van der Waals surface area contributed by atoms with Gasteiger partial charge in [-0.25, -0.2) is 4.39 Å². The molecular weight excluding hydrogens is 482 g/mol. The van der Waals surface area contributed by atoms with E-state index in [9.17, 15) is 19.1 Å². The van der Waals surface area contributed by atoms with Crippen LogP contribution in [0.25, 0.3) is 5.76 Å². The number of anilines is 1. The number of carbonyl (C=O) groups is 2. The van der Waals surface area contributed by atoms with Crippen LogP contribution in [-0.4, -0.2) is 23.9 Å². The van der Waals surface area contributed by atoms with E-state index < -0.39 is 29.3 Å². The molecule has 0 aromatic heterocycles. The lowest BCUT2D eigenvalue weighted by Crippen LogP contribution is -2.29. The smallest absolute Gasteiger partial charge is 0.300 e. The lowest BCUT2D eigenvalue weighted by Gasteiger charge is -2.25. The van der Waals surface area contributed by atoms with Gasteiger partial charge in [0.1, 0.15) is 11.6 Å². The van der Waals surface area contributed by atoms with Crippen LogP contribution in [0.4, 0.5) is 10.1 Å². The molecule has 34 heavy (non-hydrogen) atoms. The fourth-order valence-corrected chi connectivity index (χ4v) is 4.47. The highest BCUT2D eigenvalue weighted by Gasteiger charge is 2.47. The molecule has 1 aliphatic rings. The van der Waals surface area contributed by atoms with Crippen LogP contribution in [0.15, 0.2) is 66.2 Å². The Labute approximate surface area is 204 Å². The molecule has 1 N–H and O–H groups in total. The van der Waals surface area contributed by atoms with Gasteiger partial charge >= 0.3 is 0 Å². The van der Waals surface area contributed by atoms with E-state index >= 15 is 0 Å². The molecule has 1 atom stereocenters. The van der Waals surface area contributed by atoms with Crippen molar-refractivity contribution in [2.75, 3.05) is 12.0 Å². The van der Waals surface area contributed by atoms with Gasteiger partial charge in [0.2, 0.25) is 0 Å². The minimum absolute atomic E-state index is 0.00156. The Bertz CT molecular complexity index is 1370. The third-order valence-electron chi connectivity index (χ3n) is 5.39. The number of hydrogen-bond donors (Lipinski definition) is 1. The largest absolute Gasteiger partial charge is 0.507 e. The summed E-state index contributed by atoms with van der Waals surface area (Å²) in [5.41, 5.74) is 0.300. The number of hydrogen-bond acceptors (Lipinski definition) is 5. The number of aliphatic hydroxyl groups is 1. The normalized spacial score (nSPS) is 17.0. The Kier molecular flexibility index (Phi) is 6.29. The van der Waals surface area contributed by atoms with Crippen LogP contribution in [0.3, 0.4) is 0 Å². The molecule has 4 rings (SSSR count). The van der Waals surface area contributed by atoms with Gasteiger partial charge in [-0.15, -0.1) is 0 Å². The zero-order valence-electron chi connectivity index (χ0n) is 17.6. The van der Waals surface area contributed by atoms with Gasteiger partial charge in [0.25, 0.3) is 11.7 Å². The van der Waals surface area contributed by atoms with Crippen LogP contribution < -0.4 is 9.64 Å². The monoisotopic (exact) mass is 496 g/mol. The SMILES string of the molecule is COc1c(Cl)cc(/C(O)=C2\C(=O)C(=O)N(c3ccc(C#N)cc3)C2c2ccccc2F)cc1Cl. The number of aliphatic hydroxyl groups excluding tert-OH is 1. The molecule has 1 unspecified atom stereocenters. The summed E-state index contributed by atoms with van der Waals surface area (Å²) in [7, 11) is 1.37. The topological polar surface area (TPSA) is 90.6 Å². The van der Waals surface area contributed by atoms with Gasteiger partial charge < -0.3 is 9.84 Å². The molecule has 6 nitrogen and oxygen atoms in total. The number of halogens is 3. The van der Waals surface area contributed by atoms with E-state index in [1.165, 1.54) is 61.7 Å². The van der Waals surface area contributed by atoms with E-state index in [2.05, 4.69) is 0 Å². The Balaban J connectivity index is 1.97. The zero-order chi connectivity index (χ0) is 24.6. The lowest BCUT2D eigenvalue weighted by molar-refractivity contribution is -0.132. The molecule has 3 aromatic carbocycles. The van der Waals surface area contributed by atoms with Gasteiger partial charge in [-0.05, 0) is 42.5 Å². The number of amides is 1. The number of benzene rings is 3. The highest BCUT2D eigenvalue weighted by molar-refractivity contribution is 6.51. The van der Waals surface area contributed by atoms with Crippen molar-refractivity contribution in [1.29, 1.82) is 5.26 Å². The maximum atomic E-state index is 14.9. The number of methoxy groups -OCH3 is 1. The van der Waals surface area contributed by atoms with Crippen LogP contribution in [-0.2, 0) is 9.59 Å². The van der Waals surface area contributed by atoms with Crippen molar-refractivity contribution in [2.24, 2.45) is 0 Å². The lowest BCUT2D eigenvalue weighted by atomic mass is 9.94. The summed E-state index contributed by atoms with van der Waals surface area (Å²) in [5.74, 6) is -3.06. The van der Waals surface area contributed by atoms with Crippen molar-refractivity contribution in [3.8, 4) is 11.8 Å². The maximum Gasteiger partial charge on any atom is 0.300 e. The highest BCUT2D eigenvalue weighted by Crippen LogP contribution is 2.44. The fraction of sp³-hybridized carbons (Fsp3) is 0.0800. The van der Waals surface area contributed by atoms with Crippen LogP contribution in [0.1, 0.15) is 22.7 Å². The zero-order valence-corrected chi connectivity index (χ0v) is 19.1. The van der Waals surface area contributed by atoms with Crippen molar-refractivity contribution < 1.29 is 23.8 Å². The molecule has 170 valence electrons.